The average Bonchev–Trinajstić information content (AvgIpc) is 2.83. The molecule has 3 rings (SSSR count). The van der Waals surface area contributed by atoms with Gasteiger partial charge in [-0.15, -0.1) is 11.3 Å². The summed E-state index contributed by atoms with van der Waals surface area (Å²) in [6, 6.07) is 12.0. The standard InChI is InChI=1S/C15H14BrNO2S/c16-14-6-5-11(20-14)8-17-7-10-3-1-2-4-12(10)13(9-17)15(18)19/h1-6,13H,7-9H2,(H,18,19). The van der Waals surface area contributed by atoms with Gasteiger partial charge in [0.15, 0.2) is 0 Å². The Hall–Kier alpha value is -1.17. The van der Waals surface area contributed by atoms with Gasteiger partial charge in [0.2, 0.25) is 0 Å². The number of hydrogen-bond acceptors (Lipinski definition) is 3. The predicted octanol–water partition coefficient (Wildman–Crippen LogP) is 3.69. The van der Waals surface area contributed by atoms with Gasteiger partial charge in [-0.3, -0.25) is 9.69 Å². The van der Waals surface area contributed by atoms with Gasteiger partial charge in [0.25, 0.3) is 0 Å². The van der Waals surface area contributed by atoms with Crippen molar-refractivity contribution in [1.29, 1.82) is 0 Å². The van der Waals surface area contributed by atoms with Crippen molar-refractivity contribution in [3.63, 3.8) is 0 Å². The van der Waals surface area contributed by atoms with E-state index in [4.69, 9.17) is 0 Å². The molecule has 5 heteroatoms. The summed E-state index contributed by atoms with van der Waals surface area (Å²) >= 11 is 5.16. The average molecular weight is 352 g/mol. The van der Waals surface area contributed by atoms with Crippen molar-refractivity contribution in [1.82, 2.24) is 4.90 Å². The molecular formula is C15H14BrNO2S. The number of aliphatic carboxylic acids is 1. The van der Waals surface area contributed by atoms with E-state index in [2.05, 4.69) is 26.9 Å². The molecule has 104 valence electrons. The third-order valence-electron chi connectivity index (χ3n) is 3.57. The first-order chi connectivity index (χ1) is 9.63. The molecule has 0 saturated carbocycles. The van der Waals surface area contributed by atoms with Crippen LogP contribution >= 0.6 is 27.3 Å². The number of hydrogen-bond donors (Lipinski definition) is 1. The van der Waals surface area contributed by atoms with E-state index in [1.807, 2.05) is 30.3 Å². The molecule has 0 saturated heterocycles. The summed E-state index contributed by atoms with van der Waals surface area (Å²) in [6.45, 7) is 2.19. The van der Waals surface area contributed by atoms with E-state index < -0.39 is 11.9 Å². The maximum atomic E-state index is 11.5. The third-order valence-corrected chi connectivity index (χ3v) is 5.18. The lowest BCUT2D eigenvalue weighted by Gasteiger charge is -2.32. The van der Waals surface area contributed by atoms with Gasteiger partial charge in [-0.25, -0.2) is 0 Å². The Kier molecular flexibility index (Phi) is 3.92. The fourth-order valence-electron chi connectivity index (χ4n) is 2.67. The lowest BCUT2D eigenvalue weighted by molar-refractivity contribution is -0.139. The van der Waals surface area contributed by atoms with E-state index >= 15 is 0 Å². The molecule has 1 N–H and O–H groups in total. The monoisotopic (exact) mass is 351 g/mol. The minimum Gasteiger partial charge on any atom is -0.481 e. The topological polar surface area (TPSA) is 40.5 Å². The normalized spacial score (nSPS) is 18.8. The van der Waals surface area contributed by atoms with Crippen LogP contribution in [0.5, 0.6) is 0 Å². The van der Waals surface area contributed by atoms with Gasteiger partial charge in [0.05, 0.1) is 9.70 Å². The molecule has 2 heterocycles. The first kappa shape index (κ1) is 13.8. The van der Waals surface area contributed by atoms with Gasteiger partial charge in [-0.05, 0) is 39.2 Å². The maximum Gasteiger partial charge on any atom is 0.312 e. The summed E-state index contributed by atoms with van der Waals surface area (Å²) in [6.07, 6.45) is 0. The third kappa shape index (κ3) is 2.80. The van der Waals surface area contributed by atoms with Crippen LogP contribution < -0.4 is 0 Å². The van der Waals surface area contributed by atoms with E-state index in [9.17, 15) is 9.90 Å². The fourth-order valence-corrected chi connectivity index (χ4v) is 4.19. The summed E-state index contributed by atoms with van der Waals surface area (Å²) in [5, 5.41) is 9.44. The molecule has 3 nitrogen and oxygen atoms in total. The van der Waals surface area contributed by atoms with Crippen LogP contribution in [0.15, 0.2) is 40.2 Å². The molecule has 0 radical (unpaired) electrons. The van der Waals surface area contributed by atoms with E-state index in [1.165, 1.54) is 4.88 Å². The van der Waals surface area contributed by atoms with E-state index in [1.54, 1.807) is 11.3 Å². The van der Waals surface area contributed by atoms with Crippen molar-refractivity contribution in [2.45, 2.75) is 19.0 Å². The highest BCUT2D eigenvalue weighted by Gasteiger charge is 2.30. The summed E-state index contributed by atoms with van der Waals surface area (Å²) in [4.78, 5) is 14.9. The fraction of sp³-hybridized carbons (Fsp3) is 0.267. The Labute approximate surface area is 130 Å². The summed E-state index contributed by atoms with van der Waals surface area (Å²) < 4.78 is 1.11. The first-order valence-electron chi connectivity index (χ1n) is 6.40. The Bertz CT molecular complexity index is 640. The van der Waals surface area contributed by atoms with Gasteiger partial charge in [-0.2, -0.15) is 0 Å². The van der Waals surface area contributed by atoms with Crippen LogP contribution in [0.2, 0.25) is 0 Å². The second-order valence-electron chi connectivity index (χ2n) is 4.97. The number of fused-ring (bicyclic) bond motifs is 1. The number of carbonyl (C=O) groups is 1. The summed E-state index contributed by atoms with van der Waals surface area (Å²) in [7, 11) is 0. The minimum atomic E-state index is -0.741. The Morgan fingerprint density at radius 2 is 2.15 bits per heavy atom. The molecule has 1 aromatic carbocycles. The van der Waals surface area contributed by atoms with Gasteiger partial charge in [-0.1, -0.05) is 24.3 Å². The molecular weight excluding hydrogens is 338 g/mol. The van der Waals surface area contributed by atoms with Crippen molar-refractivity contribution in [3.8, 4) is 0 Å². The van der Waals surface area contributed by atoms with Crippen LogP contribution in [0.1, 0.15) is 21.9 Å². The van der Waals surface area contributed by atoms with Crippen LogP contribution in [0.3, 0.4) is 0 Å². The Balaban J connectivity index is 1.84. The highest BCUT2D eigenvalue weighted by Crippen LogP contribution is 2.31. The van der Waals surface area contributed by atoms with E-state index in [-0.39, 0.29) is 0 Å². The van der Waals surface area contributed by atoms with Gasteiger partial charge in [0.1, 0.15) is 0 Å². The number of thiophene rings is 1. The molecule has 0 bridgehead atoms. The van der Waals surface area contributed by atoms with Crippen LogP contribution in [-0.2, 0) is 17.9 Å². The van der Waals surface area contributed by atoms with Gasteiger partial charge >= 0.3 is 5.97 Å². The van der Waals surface area contributed by atoms with Crippen molar-refractivity contribution in [3.05, 3.63) is 56.2 Å². The Morgan fingerprint density at radius 3 is 2.85 bits per heavy atom. The maximum absolute atomic E-state index is 11.5. The van der Waals surface area contributed by atoms with Crippen molar-refractivity contribution >= 4 is 33.2 Å². The second-order valence-corrected chi connectivity index (χ2v) is 7.51. The zero-order chi connectivity index (χ0) is 14.1. The summed E-state index contributed by atoms with van der Waals surface area (Å²) in [5.74, 6) is -1.17. The van der Waals surface area contributed by atoms with Crippen LogP contribution in [0.25, 0.3) is 0 Å². The first-order valence-corrected chi connectivity index (χ1v) is 8.01. The smallest absolute Gasteiger partial charge is 0.312 e. The van der Waals surface area contributed by atoms with Gasteiger partial charge in [0, 0.05) is 24.5 Å². The Morgan fingerprint density at radius 1 is 1.35 bits per heavy atom. The number of halogens is 1. The SMILES string of the molecule is O=C(O)C1CN(Cc2ccc(Br)s2)Cc2ccccc21. The molecule has 20 heavy (non-hydrogen) atoms. The highest BCUT2D eigenvalue weighted by atomic mass is 79.9. The largest absolute Gasteiger partial charge is 0.481 e. The molecule has 0 aliphatic carbocycles. The van der Waals surface area contributed by atoms with Crippen molar-refractivity contribution < 1.29 is 9.90 Å². The summed E-state index contributed by atoms with van der Waals surface area (Å²) in [5.41, 5.74) is 2.09. The van der Waals surface area contributed by atoms with Crippen molar-refractivity contribution in [2.75, 3.05) is 6.54 Å². The van der Waals surface area contributed by atoms with E-state index in [0.29, 0.717) is 6.54 Å². The molecule has 1 atom stereocenters. The van der Waals surface area contributed by atoms with Crippen LogP contribution in [0, 0.1) is 0 Å². The molecule has 0 spiro atoms. The quantitative estimate of drug-likeness (QED) is 0.916. The number of nitrogens with zero attached hydrogens (tertiary/aromatic N) is 1. The second kappa shape index (κ2) is 5.68. The van der Waals surface area contributed by atoms with Crippen LogP contribution in [-0.4, -0.2) is 22.5 Å². The van der Waals surface area contributed by atoms with E-state index in [0.717, 1.165) is 28.0 Å². The molecule has 0 fully saturated rings. The van der Waals surface area contributed by atoms with Crippen molar-refractivity contribution in [2.24, 2.45) is 0 Å². The molecule has 0 amide bonds. The number of carboxylic acid groups (broad SMARTS) is 1. The lowest BCUT2D eigenvalue weighted by atomic mass is 9.90. The van der Waals surface area contributed by atoms with Gasteiger partial charge < -0.3 is 5.11 Å². The lowest BCUT2D eigenvalue weighted by Crippen LogP contribution is -2.36. The zero-order valence-corrected chi connectivity index (χ0v) is 13.2. The number of carboxylic acids is 1. The number of benzene rings is 1. The number of rotatable bonds is 3. The van der Waals surface area contributed by atoms with Crippen LogP contribution in [0.4, 0.5) is 0 Å². The minimum absolute atomic E-state index is 0.427. The molecule has 1 unspecified atom stereocenters. The zero-order valence-electron chi connectivity index (χ0n) is 10.8. The highest BCUT2D eigenvalue weighted by molar-refractivity contribution is 9.11. The predicted molar refractivity (Wildman–Crippen MR) is 83.0 cm³/mol. The molecule has 1 aromatic heterocycles. The molecule has 1 aliphatic rings. The molecule has 1 aliphatic heterocycles. The molecule has 2 aromatic rings.